The smallest absolute Gasteiger partial charge is 0.325 e. The summed E-state index contributed by atoms with van der Waals surface area (Å²) in [5, 5.41) is 19.6. The number of aromatic nitrogens is 4. The summed E-state index contributed by atoms with van der Waals surface area (Å²) in [6.45, 7) is 5.49. The van der Waals surface area contributed by atoms with Gasteiger partial charge in [-0.05, 0) is 26.8 Å². The molecule has 0 aliphatic heterocycles. The highest BCUT2D eigenvalue weighted by atomic mass is 16.4. The molecule has 0 unspecified atom stereocenters. The topological polar surface area (TPSA) is 102 Å². The molecule has 8 nitrogen and oxygen atoms in total. The number of amides is 1. The zero-order chi connectivity index (χ0) is 15.6. The average Bonchev–Trinajstić information content (AvgIpc) is 2.95. The highest BCUT2D eigenvalue weighted by Gasteiger charge is 2.15. The van der Waals surface area contributed by atoms with Crippen LogP contribution in [0.4, 0.5) is 5.82 Å². The number of carbonyl (C=O) groups is 2. The first-order chi connectivity index (χ1) is 9.86. The van der Waals surface area contributed by atoms with Crippen LogP contribution in [0.1, 0.15) is 36.1 Å². The molecule has 0 bridgehead atoms. The van der Waals surface area contributed by atoms with Gasteiger partial charge in [0.05, 0.1) is 5.69 Å². The van der Waals surface area contributed by atoms with E-state index in [0.717, 1.165) is 5.69 Å². The molecule has 0 saturated carbocycles. The first-order valence-electron chi connectivity index (χ1n) is 6.49. The molecule has 0 spiro atoms. The number of anilines is 1. The first-order valence-corrected chi connectivity index (χ1v) is 6.49. The van der Waals surface area contributed by atoms with E-state index in [1.165, 1.54) is 16.9 Å². The van der Waals surface area contributed by atoms with E-state index in [1.54, 1.807) is 10.7 Å². The second-order valence-corrected chi connectivity index (χ2v) is 4.96. The number of carbonyl (C=O) groups excluding carboxylic acids is 1. The quantitative estimate of drug-likeness (QED) is 0.864. The number of nitrogens with one attached hydrogen (secondary N) is 1. The van der Waals surface area contributed by atoms with Crippen LogP contribution >= 0.6 is 0 Å². The molecule has 0 saturated heterocycles. The zero-order valence-corrected chi connectivity index (χ0v) is 12.1. The summed E-state index contributed by atoms with van der Waals surface area (Å²) < 4.78 is 2.91. The molecule has 2 aromatic rings. The zero-order valence-electron chi connectivity index (χ0n) is 12.1. The van der Waals surface area contributed by atoms with E-state index in [-0.39, 0.29) is 18.3 Å². The lowest BCUT2D eigenvalue weighted by Gasteiger charge is -2.10. The Kier molecular flexibility index (Phi) is 4.06. The van der Waals surface area contributed by atoms with Crippen LogP contribution in [0.15, 0.2) is 18.3 Å². The van der Waals surface area contributed by atoms with Gasteiger partial charge < -0.3 is 10.4 Å². The van der Waals surface area contributed by atoms with Gasteiger partial charge in [0.15, 0.2) is 5.69 Å². The van der Waals surface area contributed by atoms with Crippen molar-refractivity contribution in [1.29, 1.82) is 0 Å². The number of carboxylic acids is 1. The van der Waals surface area contributed by atoms with Crippen molar-refractivity contribution in [3.05, 3.63) is 29.7 Å². The van der Waals surface area contributed by atoms with E-state index in [0.29, 0.717) is 5.82 Å². The molecular weight excluding hydrogens is 274 g/mol. The number of carboxylic acid groups (broad SMARTS) is 1. The van der Waals surface area contributed by atoms with Gasteiger partial charge in [-0.3, -0.25) is 14.3 Å². The van der Waals surface area contributed by atoms with Gasteiger partial charge in [0.1, 0.15) is 12.4 Å². The lowest BCUT2D eigenvalue weighted by Crippen LogP contribution is -2.18. The molecule has 0 fully saturated rings. The average molecular weight is 291 g/mol. The third-order valence-electron chi connectivity index (χ3n) is 2.76. The monoisotopic (exact) mass is 291 g/mol. The molecule has 21 heavy (non-hydrogen) atoms. The van der Waals surface area contributed by atoms with E-state index in [1.807, 2.05) is 20.8 Å². The first kappa shape index (κ1) is 14.8. The number of aliphatic carboxylic acids is 1. The maximum absolute atomic E-state index is 12.1. The van der Waals surface area contributed by atoms with Gasteiger partial charge in [-0.15, -0.1) is 0 Å². The van der Waals surface area contributed by atoms with E-state index in [9.17, 15) is 9.59 Å². The fraction of sp³-hybridized carbons (Fsp3) is 0.385. The Hall–Kier alpha value is -2.64. The normalized spacial score (nSPS) is 10.9. The van der Waals surface area contributed by atoms with E-state index >= 15 is 0 Å². The number of hydrogen-bond acceptors (Lipinski definition) is 4. The second-order valence-electron chi connectivity index (χ2n) is 4.96. The lowest BCUT2D eigenvalue weighted by molar-refractivity contribution is -0.137. The van der Waals surface area contributed by atoms with Gasteiger partial charge in [-0.1, -0.05) is 0 Å². The summed E-state index contributed by atoms with van der Waals surface area (Å²) in [5.41, 5.74) is 0.959. The van der Waals surface area contributed by atoms with Crippen molar-refractivity contribution in [1.82, 2.24) is 19.6 Å². The predicted molar refractivity (Wildman–Crippen MR) is 75.2 cm³/mol. The van der Waals surface area contributed by atoms with E-state index in [4.69, 9.17) is 5.11 Å². The molecule has 1 amide bonds. The Bertz CT molecular complexity index is 671. The van der Waals surface area contributed by atoms with E-state index in [2.05, 4.69) is 15.5 Å². The largest absolute Gasteiger partial charge is 0.480 e. The van der Waals surface area contributed by atoms with Crippen LogP contribution in [-0.2, 0) is 11.3 Å². The van der Waals surface area contributed by atoms with Crippen LogP contribution in [0.2, 0.25) is 0 Å². The molecule has 2 heterocycles. The Labute approximate surface area is 121 Å². The van der Waals surface area contributed by atoms with Crippen molar-refractivity contribution in [2.75, 3.05) is 5.32 Å². The molecule has 0 aliphatic rings. The number of rotatable bonds is 5. The SMILES string of the molecule is Cc1cc(NC(=O)c2ccn(CC(=O)O)n2)n(C(C)C)n1. The van der Waals surface area contributed by atoms with Crippen molar-refractivity contribution < 1.29 is 14.7 Å². The van der Waals surface area contributed by atoms with Gasteiger partial charge in [0, 0.05) is 18.3 Å². The van der Waals surface area contributed by atoms with Crippen molar-refractivity contribution >= 4 is 17.7 Å². The Balaban J connectivity index is 2.14. The Morgan fingerprint density at radius 1 is 1.38 bits per heavy atom. The van der Waals surface area contributed by atoms with Gasteiger partial charge in [-0.2, -0.15) is 10.2 Å². The third-order valence-corrected chi connectivity index (χ3v) is 2.76. The van der Waals surface area contributed by atoms with Gasteiger partial charge in [0.2, 0.25) is 0 Å². The maximum atomic E-state index is 12.1. The highest BCUT2D eigenvalue weighted by Crippen LogP contribution is 2.16. The van der Waals surface area contributed by atoms with Crippen LogP contribution in [0.25, 0.3) is 0 Å². The number of aryl methyl sites for hydroxylation is 1. The van der Waals surface area contributed by atoms with Crippen LogP contribution in [0.5, 0.6) is 0 Å². The van der Waals surface area contributed by atoms with Crippen molar-refractivity contribution in [2.24, 2.45) is 0 Å². The summed E-state index contributed by atoms with van der Waals surface area (Å²) in [6.07, 6.45) is 1.45. The second kappa shape index (κ2) is 5.78. The van der Waals surface area contributed by atoms with Crippen molar-refractivity contribution in [3.63, 3.8) is 0 Å². The summed E-state index contributed by atoms with van der Waals surface area (Å²) in [7, 11) is 0. The van der Waals surface area contributed by atoms with E-state index < -0.39 is 11.9 Å². The third kappa shape index (κ3) is 3.47. The summed E-state index contributed by atoms with van der Waals surface area (Å²) in [6, 6.07) is 3.35. The molecule has 2 aromatic heterocycles. The summed E-state index contributed by atoms with van der Waals surface area (Å²) in [4.78, 5) is 22.7. The molecule has 0 radical (unpaired) electrons. The van der Waals surface area contributed by atoms with Gasteiger partial charge in [-0.25, -0.2) is 4.68 Å². The molecule has 0 atom stereocenters. The maximum Gasteiger partial charge on any atom is 0.325 e. The summed E-state index contributed by atoms with van der Waals surface area (Å²) in [5.74, 6) is -0.834. The Morgan fingerprint density at radius 2 is 2.10 bits per heavy atom. The lowest BCUT2D eigenvalue weighted by atomic mass is 10.3. The summed E-state index contributed by atoms with van der Waals surface area (Å²) >= 11 is 0. The predicted octanol–water partition coefficient (Wildman–Crippen LogP) is 1.31. The minimum atomic E-state index is -1.02. The van der Waals surface area contributed by atoms with Crippen LogP contribution < -0.4 is 5.32 Å². The van der Waals surface area contributed by atoms with Crippen molar-refractivity contribution in [2.45, 2.75) is 33.4 Å². The highest BCUT2D eigenvalue weighted by molar-refractivity contribution is 6.02. The molecule has 8 heteroatoms. The molecule has 2 N–H and O–H groups in total. The fourth-order valence-electron chi connectivity index (χ4n) is 1.89. The van der Waals surface area contributed by atoms with Gasteiger partial charge in [0.25, 0.3) is 5.91 Å². The Morgan fingerprint density at radius 3 is 2.71 bits per heavy atom. The van der Waals surface area contributed by atoms with Crippen LogP contribution in [-0.4, -0.2) is 36.5 Å². The minimum Gasteiger partial charge on any atom is -0.480 e. The molecule has 2 rings (SSSR count). The fourth-order valence-corrected chi connectivity index (χ4v) is 1.89. The van der Waals surface area contributed by atoms with Crippen LogP contribution in [0.3, 0.4) is 0 Å². The molecular formula is C13H17N5O3. The standard InChI is InChI=1S/C13H17N5O3/c1-8(2)18-11(6-9(3)15-18)14-13(21)10-4-5-17(16-10)7-12(19)20/h4-6,8H,7H2,1-3H3,(H,14,21)(H,19,20). The van der Waals surface area contributed by atoms with Crippen molar-refractivity contribution in [3.8, 4) is 0 Å². The number of nitrogens with zero attached hydrogens (tertiary/aromatic N) is 4. The minimum absolute atomic E-state index is 0.110. The van der Waals surface area contributed by atoms with Crippen LogP contribution in [0, 0.1) is 6.92 Å². The molecule has 0 aliphatic carbocycles. The molecule has 112 valence electrons. The number of hydrogen-bond donors (Lipinski definition) is 2. The van der Waals surface area contributed by atoms with Gasteiger partial charge >= 0.3 is 5.97 Å². The molecule has 0 aromatic carbocycles.